The molecule has 1 fully saturated rings. The third kappa shape index (κ3) is 9.98. The van der Waals surface area contributed by atoms with Crippen molar-refractivity contribution in [2.75, 3.05) is 24.6 Å². The number of aromatic hydroxyl groups is 1. The number of alkyl halides is 5. The minimum absolute atomic E-state index is 0.209. The Kier molecular flexibility index (Phi) is 12.1. The highest BCUT2D eigenvalue weighted by atomic mass is 32.2. The average molecular weight is 660 g/mol. The molecule has 2 aliphatic rings. The molecule has 0 amide bonds. The van der Waals surface area contributed by atoms with Gasteiger partial charge in [0, 0.05) is 12.5 Å². The third-order valence-electron chi connectivity index (χ3n) is 9.07. The van der Waals surface area contributed by atoms with Crippen LogP contribution in [0.3, 0.4) is 0 Å². The van der Waals surface area contributed by atoms with Crippen molar-refractivity contribution in [3.05, 3.63) is 65.0 Å². The Morgan fingerprint density at radius 1 is 0.867 bits per heavy atom. The lowest BCUT2D eigenvalue weighted by Crippen LogP contribution is -2.36. The second-order valence-corrected chi connectivity index (χ2v) is 14.7. The Morgan fingerprint density at radius 3 is 2.33 bits per heavy atom. The molecular weight excluding hydrogens is 616 g/mol. The Bertz CT molecular complexity index is 1410. The van der Waals surface area contributed by atoms with E-state index < -0.39 is 40.5 Å². The standard InChI is InChI=1S/C34H43F6NO3S/c35-27-15-13-25(14-16-27)30-12-4-8-26-24-29(42)17-18-31(26)32(30)11-2-1-3-20-41-21-5-9-28(41)10-6-22-45(43,44)23-7-19-33(36,37)34(38,39)40/h13-18,24,28,42H,1-12,19-23H2/t28-/m0/s1. The minimum atomic E-state index is -5.67. The topological polar surface area (TPSA) is 57.6 Å². The Hall–Kier alpha value is -2.53. The number of unbranched alkanes of at least 4 members (excludes halogenated alkanes) is 2. The van der Waals surface area contributed by atoms with Gasteiger partial charge in [0.1, 0.15) is 21.4 Å². The van der Waals surface area contributed by atoms with Crippen LogP contribution in [0.2, 0.25) is 0 Å². The van der Waals surface area contributed by atoms with Crippen molar-refractivity contribution in [1.29, 1.82) is 0 Å². The van der Waals surface area contributed by atoms with Crippen LogP contribution in [0.25, 0.3) is 11.1 Å². The van der Waals surface area contributed by atoms with Gasteiger partial charge in [-0.05, 0) is 136 Å². The first kappa shape index (κ1) is 35.3. The number of fused-ring (bicyclic) bond motifs is 1. The highest BCUT2D eigenvalue weighted by molar-refractivity contribution is 7.91. The van der Waals surface area contributed by atoms with Crippen molar-refractivity contribution in [3.63, 3.8) is 0 Å². The van der Waals surface area contributed by atoms with E-state index in [-0.39, 0.29) is 23.4 Å². The number of halogens is 6. The summed E-state index contributed by atoms with van der Waals surface area (Å²) in [6.07, 6.45) is 1.54. The summed E-state index contributed by atoms with van der Waals surface area (Å²) in [7, 11) is -3.70. The van der Waals surface area contributed by atoms with Crippen molar-refractivity contribution in [2.45, 2.75) is 102 Å². The number of rotatable bonds is 15. The van der Waals surface area contributed by atoms with Gasteiger partial charge >= 0.3 is 12.1 Å². The summed E-state index contributed by atoms with van der Waals surface area (Å²) in [4.78, 5) is 2.38. The normalized spacial score (nSPS) is 18.3. The van der Waals surface area contributed by atoms with Crippen LogP contribution >= 0.6 is 0 Å². The number of phenolic OH excluding ortho intramolecular Hbond substituents is 1. The molecule has 0 bridgehead atoms. The number of likely N-dealkylation sites (tertiary alicyclic amines) is 1. The summed E-state index contributed by atoms with van der Waals surface area (Å²) in [5, 5.41) is 10.1. The Morgan fingerprint density at radius 2 is 1.60 bits per heavy atom. The van der Waals surface area contributed by atoms with Crippen LogP contribution in [0.15, 0.2) is 42.5 Å². The van der Waals surface area contributed by atoms with Gasteiger partial charge in [-0.15, -0.1) is 0 Å². The van der Waals surface area contributed by atoms with E-state index in [2.05, 4.69) is 4.90 Å². The highest BCUT2D eigenvalue weighted by Crippen LogP contribution is 2.40. The van der Waals surface area contributed by atoms with Gasteiger partial charge in [-0.3, -0.25) is 0 Å². The molecule has 0 saturated carbocycles. The van der Waals surface area contributed by atoms with Gasteiger partial charge in [0.05, 0.1) is 11.5 Å². The average Bonchev–Trinajstić information content (AvgIpc) is 3.32. The second kappa shape index (κ2) is 15.4. The number of nitrogens with zero attached hydrogens (tertiary/aromatic N) is 1. The lowest BCUT2D eigenvalue weighted by molar-refractivity contribution is -0.284. The van der Waals surface area contributed by atoms with E-state index in [0.29, 0.717) is 12.8 Å². The quantitative estimate of drug-likeness (QED) is 0.153. The molecule has 4 rings (SSSR count). The molecule has 1 heterocycles. The van der Waals surface area contributed by atoms with Crippen LogP contribution in [0.4, 0.5) is 26.3 Å². The highest BCUT2D eigenvalue weighted by Gasteiger charge is 2.56. The van der Waals surface area contributed by atoms with Crippen LogP contribution in [0, 0.1) is 5.82 Å². The van der Waals surface area contributed by atoms with E-state index in [4.69, 9.17) is 0 Å². The largest absolute Gasteiger partial charge is 0.508 e. The van der Waals surface area contributed by atoms with E-state index >= 15 is 0 Å². The first-order valence-electron chi connectivity index (χ1n) is 15.9. The van der Waals surface area contributed by atoms with Crippen LogP contribution in [0.5, 0.6) is 5.75 Å². The predicted molar refractivity (Wildman–Crippen MR) is 165 cm³/mol. The van der Waals surface area contributed by atoms with Crippen LogP contribution < -0.4 is 0 Å². The van der Waals surface area contributed by atoms with Gasteiger partial charge in [0.25, 0.3) is 0 Å². The van der Waals surface area contributed by atoms with Gasteiger partial charge in [-0.1, -0.05) is 24.6 Å². The summed E-state index contributed by atoms with van der Waals surface area (Å²) >= 11 is 0. The van der Waals surface area contributed by atoms with E-state index in [0.717, 1.165) is 87.6 Å². The number of aryl methyl sites for hydroxylation is 1. The Labute approximate surface area is 262 Å². The molecule has 1 saturated heterocycles. The maximum Gasteiger partial charge on any atom is 0.453 e. The fraction of sp³-hybridized carbons (Fsp3) is 0.588. The fourth-order valence-corrected chi connectivity index (χ4v) is 8.11. The summed E-state index contributed by atoms with van der Waals surface area (Å²) in [6.45, 7) is 1.82. The summed E-state index contributed by atoms with van der Waals surface area (Å²) in [5.74, 6) is -5.77. The molecule has 1 aliphatic carbocycles. The molecule has 250 valence electrons. The molecule has 2 aromatic carbocycles. The van der Waals surface area contributed by atoms with Crippen molar-refractivity contribution in [3.8, 4) is 5.75 Å². The minimum Gasteiger partial charge on any atom is -0.508 e. The molecule has 1 N–H and O–H groups in total. The van der Waals surface area contributed by atoms with Gasteiger partial charge in [-0.25, -0.2) is 12.8 Å². The van der Waals surface area contributed by atoms with Gasteiger partial charge in [0.2, 0.25) is 0 Å². The molecule has 4 nitrogen and oxygen atoms in total. The molecule has 2 aromatic rings. The van der Waals surface area contributed by atoms with Gasteiger partial charge in [-0.2, -0.15) is 22.0 Å². The zero-order valence-corrected chi connectivity index (χ0v) is 26.3. The van der Waals surface area contributed by atoms with E-state index in [1.54, 1.807) is 6.07 Å². The molecule has 1 atom stereocenters. The van der Waals surface area contributed by atoms with Crippen LogP contribution in [0.1, 0.15) is 93.7 Å². The number of benzene rings is 2. The Balaban J connectivity index is 1.25. The molecule has 45 heavy (non-hydrogen) atoms. The van der Waals surface area contributed by atoms with E-state index in [1.807, 2.05) is 24.3 Å². The van der Waals surface area contributed by atoms with Crippen molar-refractivity contribution < 1.29 is 39.9 Å². The summed E-state index contributed by atoms with van der Waals surface area (Å²) in [6, 6.07) is 12.4. The smallest absolute Gasteiger partial charge is 0.453 e. The maximum absolute atomic E-state index is 13.7. The zero-order valence-electron chi connectivity index (χ0n) is 25.5. The van der Waals surface area contributed by atoms with E-state index in [1.165, 1.54) is 23.3 Å². The zero-order chi connectivity index (χ0) is 32.7. The third-order valence-corrected chi connectivity index (χ3v) is 10.9. The number of hydrogen-bond donors (Lipinski definition) is 1. The molecule has 11 heteroatoms. The number of hydrogen-bond acceptors (Lipinski definition) is 4. The SMILES string of the molecule is O=S(=O)(CCC[C@@H]1CCCN1CCCCCC1=C(c2ccc(F)cc2)CCCc2cc(O)ccc21)CCCC(F)(F)C(F)(F)F. The molecule has 0 radical (unpaired) electrons. The molecular formula is C34H43F6NO3S. The number of sulfone groups is 1. The first-order valence-corrected chi connectivity index (χ1v) is 17.8. The predicted octanol–water partition coefficient (Wildman–Crippen LogP) is 8.98. The maximum atomic E-state index is 13.7. The van der Waals surface area contributed by atoms with Crippen molar-refractivity contribution in [2.24, 2.45) is 0 Å². The van der Waals surface area contributed by atoms with Crippen LogP contribution in [-0.2, 0) is 16.3 Å². The number of phenols is 1. The lowest BCUT2D eigenvalue weighted by atomic mass is 9.89. The molecule has 0 spiro atoms. The monoisotopic (exact) mass is 659 g/mol. The molecule has 0 aromatic heterocycles. The fourth-order valence-electron chi connectivity index (χ4n) is 6.71. The van der Waals surface area contributed by atoms with Crippen LogP contribution in [-0.4, -0.2) is 61.2 Å². The summed E-state index contributed by atoms with van der Waals surface area (Å²) < 4.78 is 101. The lowest BCUT2D eigenvalue weighted by Gasteiger charge is -2.24. The molecule has 0 unspecified atom stereocenters. The second-order valence-electron chi connectivity index (χ2n) is 12.4. The first-order chi connectivity index (χ1) is 21.3. The number of allylic oxidation sites excluding steroid dienone is 2. The van der Waals surface area contributed by atoms with Gasteiger partial charge < -0.3 is 10.0 Å². The van der Waals surface area contributed by atoms with E-state index in [9.17, 15) is 39.9 Å². The van der Waals surface area contributed by atoms with Crippen molar-refractivity contribution in [1.82, 2.24) is 4.90 Å². The molecule has 1 aliphatic heterocycles. The van der Waals surface area contributed by atoms with Crippen molar-refractivity contribution >= 4 is 21.0 Å². The summed E-state index contributed by atoms with van der Waals surface area (Å²) in [5.41, 5.74) is 5.77. The van der Waals surface area contributed by atoms with Gasteiger partial charge in [0.15, 0.2) is 0 Å².